The molecular weight excluding hydrogens is 195 g/mol. The van der Waals surface area contributed by atoms with Crippen molar-refractivity contribution in [1.82, 2.24) is 9.55 Å². The van der Waals surface area contributed by atoms with Gasteiger partial charge in [0.2, 0.25) is 0 Å². The average Bonchev–Trinajstić information content (AvgIpc) is 2.68. The van der Waals surface area contributed by atoms with Gasteiger partial charge in [0.05, 0.1) is 5.88 Å². The van der Waals surface area contributed by atoms with Crippen LogP contribution in [0, 0.1) is 5.92 Å². The molecule has 0 atom stereocenters. The van der Waals surface area contributed by atoms with Crippen LogP contribution < -0.4 is 0 Å². The maximum Gasteiger partial charge on any atom is 0.123 e. The highest BCUT2D eigenvalue weighted by molar-refractivity contribution is 6.16. The minimum absolute atomic E-state index is 0. The van der Waals surface area contributed by atoms with Crippen LogP contribution in [0.1, 0.15) is 18.7 Å². The van der Waals surface area contributed by atoms with Gasteiger partial charge in [0.15, 0.2) is 0 Å². The summed E-state index contributed by atoms with van der Waals surface area (Å²) in [6, 6.07) is 0. The fourth-order valence-corrected chi connectivity index (χ4v) is 1.44. The molecule has 0 saturated heterocycles. The van der Waals surface area contributed by atoms with E-state index in [4.69, 9.17) is 11.6 Å². The van der Waals surface area contributed by atoms with Gasteiger partial charge in [0, 0.05) is 18.9 Å². The summed E-state index contributed by atoms with van der Waals surface area (Å²) >= 11 is 5.69. The van der Waals surface area contributed by atoms with Crippen molar-refractivity contribution in [2.75, 3.05) is 0 Å². The number of aromatic nitrogens is 2. The molecule has 1 heterocycles. The van der Waals surface area contributed by atoms with Crippen molar-refractivity contribution in [2.45, 2.75) is 25.3 Å². The van der Waals surface area contributed by atoms with E-state index in [1.165, 1.54) is 12.8 Å². The molecule has 1 aliphatic carbocycles. The predicted molar refractivity (Wildman–Crippen MR) is 51.8 cm³/mol. The van der Waals surface area contributed by atoms with Gasteiger partial charge in [0.25, 0.3) is 0 Å². The van der Waals surface area contributed by atoms with Gasteiger partial charge in [-0.25, -0.2) is 4.98 Å². The number of halogens is 2. The molecule has 0 unspecified atom stereocenters. The third-order valence-electron chi connectivity index (χ3n) is 2.07. The molecular formula is C8H12Cl2N2. The van der Waals surface area contributed by atoms with Gasteiger partial charge in [-0.05, 0) is 18.8 Å². The van der Waals surface area contributed by atoms with E-state index in [1.54, 1.807) is 0 Å². The third-order valence-corrected chi connectivity index (χ3v) is 2.31. The first-order valence-corrected chi connectivity index (χ1v) is 4.49. The third kappa shape index (κ3) is 2.14. The van der Waals surface area contributed by atoms with Crippen molar-refractivity contribution in [1.29, 1.82) is 0 Å². The lowest BCUT2D eigenvalue weighted by Gasteiger charge is -2.02. The molecule has 0 bridgehead atoms. The van der Waals surface area contributed by atoms with Crippen LogP contribution in [0.5, 0.6) is 0 Å². The maximum atomic E-state index is 5.69. The number of nitrogens with zero attached hydrogens (tertiary/aromatic N) is 2. The Labute approximate surface area is 83.3 Å². The molecule has 4 heteroatoms. The zero-order valence-corrected chi connectivity index (χ0v) is 8.31. The number of hydrogen-bond acceptors (Lipinski definition) is 1. The number of alkyl halides is 1. The van der Waals surface area contributed by atoms with Gasteiger partial charge in [-0.15, -0.1) is 24.0 Å². The van der Waals surface area contributed by atoms with Crippen LogP contribution in [0.3, 0.4) is 0 Å². The Morgan fingerprint density at radius 3 is 2.92 bits per heavy atom. The zero-order chi connectivity index (χ0) is 7.68. The van der Waals surface area contributed by atoms with E-state index in [-0.39, 0.29) is 12.4 Å². The summed E-state index contributed by atoms with van der Waals surface area (Å²) in [5.41, 5.74) is 0. The lowest BCUT2D eigenvalue weighted by molar-refractivity contribution is 0.607. The monoisotopic (exact) mass is 206 g/mol. The van der Waals surface area contributed by atoms with Crippen LogP contribution in [-0.2, 0) is 12.4 Å². The first-order valence-electron chi connectivity index (χ1n) is 3.96. The van der Waals surface area contributed by atoms with E-state index in [0.717, 1.165) is 18.3 Å². The molecule has 12 heavy (non-hydrogen) atoms. The molecule has 1 aliphatic rings. The Morgan fingerprint density at radius 2 is 2.33 bits per heavy atom. The second kappa shape index (κ2) is 4.15. The molecule has 1 fully saturated rings. The van der Waals surface area contributed by atoms with Gasteiger partial charge in [-0.2, -0.15) is 0 Å². The Kier molecular flexibility index (Phi) is 3.41. The lowest BCUT2D eigenvalue weighted by atomic mass is 10.4. The second-order valence-electron chi connectivity index (χ2n) is 3.07. The quantitative estimate of drug-likeness (QED) is 0.696. The number of rotatable bonds is 3. The van der Waals surface area contributed by atoms with Gasteiger partial charge in [-0.3, -0.25) is 0 Å². The van der Waals surface area contributed by atoms with Crippen molar-refractivity contribution in [2.24, 2.45) is 5.92 Å². The van der Waals surface area contributed by atoms with Crippen LogP contribution in [0.4, 0.5) is 0 Å². The normalized spacial score (nSPS) is 15.8. The standard InChI is InChI=1S/C8H11ClN2.ClH/c9-5-8-10-3-4-11(8)6-7-1-2-7;/h3-4,7H,1-2,5-6H2;1H. The molecule has 1 aromatic rings. The van der Waals surface area contributed by atoms with Gasteiger partial charge in [-0.1, -0.05) is 0 Å². The summed E-state index contributed by atoms with van der Waals surface area (Å²) in [6.45, 7) is 1.11. The Morgan fingerprint density at radius 1 is 1.58 bits per heavy atom. The maximum absolute atomic E-state index is 5.69. The highest BCUT2D eigenvalue weighted by Crippen LogP contribution is 2.30. The van der Waals surface area contributed by atoms with E-state index < -0.39 is 0 Å². The minimum atomic E-state index is 0. The van der Waals surface area contributed by atoms with E-state index in [0.29, 0.717) is 5.88 Å². The van der Waals surface area contributed by atoms with Crippen LogP contribution in [0.15, 0.2) is 12.4 Å². The molecule has 0 radical (unpaired) electrons. The van der Waals surface area contributed by atoms with Crippen LogP contribution in [0.25, 0.3) is 0 Å². The topological polar surface area (TPSA) is 17.8 Å². The first kappa shape index (κ1) is 9.87. The van der Waals surface area contributed by atoms with Crippen molar-refractivity contribution in [3.63, 3.8) is 0 Å². The van der Waals surface area contributed by atoms with Gasteiger partial charge in [0.1, 0.15) is 5.82 Å². The van der Waals surface area contributed by atoms with Crippen molar-refractivity contribution < 1.29 is 0 Å². The Hall–Kier alpha value is -0.210. The molecule has 0 spiro atoms. The number of imidazole rings is 1. The fourth-order valence-electron chi connectivity index (χ4n) is 1.22. The summed E-state index contributed by atoms with van der Waals surface area (Å²) in [6.07, 6.45) is 6.58. The molecule has 0 aliphatic heterocycles. The molecule has 1 saturated carbocycles. The summed E-state index contributed by atoms with van der Waals surface area (Å²) in [4.78, 5) is 4.15. The van der Waals surface area contributed by atoms with E-state index in [9.17, 15) is 0 Å². The first-order chi connectivity index (χ1) is 5.40. The summed E-state index contributed by atoms with van der Waals surface area (Å²) in [5.74, 6) is 2.42. The van der Waals surface area contributed by atoms with Crippen molar-refractivity contribution >= 4 is 24.0 Å². The molecule has 0 N–H and O–H groups in total. The van der Waals surface area contributed by atoms with Crippen LogP contribution in [-0.4, -0.2) is 9.55 Å². The zero-order valence-electron chi connectivity index (χ0n) is 6.74. The highest BCUT2D eigenvalue weighted by atomic mass is 35.5. The summed E-state index contributed by atoms with van der Waals surface area (Å²) < 4.78 is 2.16. The molecule has 68 valence electrons. The minimum Gasteiger partial charge on any atom is -0.334 e. The highest BCUT2D eigenvalue weighted by Gasteiger charge is 2.22. The lowest BCUT2D eigenvalue weighted by Crippen LogP contribution is -2.02. The number of hydrogen-bond donors (Lipinski definition) is 0. The SMILES string of the molecule is Cl.ClCc1nccn1CC1CC1. The van der Waals surface area contributed by atoms with E-state index in [1.807, 2.05) is 12.4 Å². The smallest absolute Gasteiger partial charge is 0.123 e. The summed E-state index contributed by atoms with van der Waals surface area (Å²) in [7, 11) is 0. The molecule has 2 nitrogen and oxygen atoms in total. The second-order valence-corrected chi connectivity index (χ2v) is 3.34. The Balaban J connectivity index is 0.000000720. The fraction of sp³-hybridized carbons (Fsp3) is 0.625. The summed E-state index contributed by atoms with van der Waals surface area (Å²) in [5, 5.41) is 0. The molecule has 2 rings (SSSR count). The van der Waals surface area contributed by atoms with Gasteiger partial charge < -0.3 is 4.57 Å². The molecule has 1 aromatic heterocycles. The van der Waals surface area contributed by atoms with Gasteiger partial charge >= 0.3 is 0 Å². The van der Waals surface area contributed by atoms with Crippen LogP contribution in [0.2, 0.25) is 0 Å². The van der Waals surface area contributed by atoms with E-state index in [2.05, 4.69) is 9.55 Å². The largest absolute Gasteiger partial charge is 0.334 e. The molecule has 0 amide bonds. The molecule has 0 aromatic carbocycles. The van der Waals surface area contributed by atoms with Crippen LogP contribution >= 0.6 is 24.0 Å². The van der Waals surface area contributed by atoms with E-state index >= 15 is 0 Å². The van der Waals surface area contributed by atoms with Crippen molar-refractivity contribution in [3.05, 3.63) is 18.2 Å². The Bertz CT molecular complexity index is 243. The average molecular weight is 207 g/mol. The predicted octanol–water partition coefficient (Wildman–Crippen LogP) is 2.45. The van der Waals surface area contributed by atoms with Crippen molar-refractivity contribution in [3.8, 4) is 0 Å².